The summed E-state index contributed by atoms with van der Waals surface area (Å²) in [5.41, 5.74) is 1.24. The van der Waals surface area contributed by atoms with Crippen molar-refractivity contribution >= 4 is 29.1 Å². The van der Waals surface area contributed by atoms with Gasteiger partial charge in [0.1, 0.15) is 0 Å². The fourth-order valence-corrected chi connectivity index (χ4v) is 3.24. The molecule has 1 aliphatic rings. The van der Waals surface area contributed by atoms with Crippen LogP contribution in [0.2, 0.25) is 0 Å². The molecule has 1 heterocycles. The van der Waals surface area contributed by atoms with Gasteiger partial charge in [0.2, 0.25) is 5.91 Å². The minimum atomic E-state index is 0. The van der Waals surface area contributed by atoms with E-state index < -0.39 is 0 Å². The Morgan fingerprint density at radius 2 is 2.00 bits per heavy atom. The van der Waals surface area contributed by atoms with E-state index in [9.17, 15) is 4.79 Å². The van der Waals surface area contributed by atoms with Crippen LogP contribution in [0, 0.1) is 0 Å². The highest BCUT2D eigenvalue weighted by molar-refractivity contribution is 5.85. The maximum atomic E-state index is 12.4. The van der Waals surface area contributed by atoms with Crippen molar-refractivity contribution in [3.8, 4) is 0 Å². The fourth-order valence-electron chi connectivity index (χ4n) is 3.24. The SMILES string of the molecule is CNC1CCCN(C(=O)CCc2ccc3ccccc3c2)C1.Cl. The molecular formula is C19H25ClN2O. The fraction of sp³-hybridized carbons (Fsp3) is 0.421. The maximum Gasteiger partial charge on any atom is 0.222 e. The van der Waals surface area contributed by atoms with Gasteiger partial charge in [-0.3, -0.25) is 4.79 Å². The van der Waals surface area contributed by atoms with Gasteiger partial charge in [0.25, 0.3) is 0 Å². The number of piperidine rings is 1. The van der Waals surface area contributed by atoms with Crippen LogP contribution in [-0.4, -0.2) is 37.0 Å². The molecule has 1 fully saturated rings. The number of carbonyl (C=O) groups is 1. The van der Waals surface area contributed by atoms with Crippen LogP contribution in [0.15, 0.2) is 42.5 Å². The van der Waals surface area contributed by atoms with E-state index >= 15 is 0 Å². The number of hydrogen-bond donors (Lipinski definition) is 1. The zero-order valence-corrected chi connectivity index (χ0v) is 14.4. The van der Waals surface area contributed by atoms with Gasteiger partial charge in [0.05, 0.1) is 0 Å². The molecule has 3 rings (SSSR count). The van der Waals surface area contributed by atoms with Crippen molar-refractivity contribution in [1.82, 2.24) is 10.2 Å². The molecule has 0 bridgehead atoms. The summed E-state index contributed by atoms with van der Waals surface area (Å²) >= 11 is 0. The predicted octanol–water partition coefficient (Wildman–Crippen LogP) is 3.40. The molecule has 2 aromatic rings. The lowest BCUT2D eigenvalue weighted by atomic mass is 10.0. The first-order valence-electron chi connectivity index (χ1n) is 8.19. The first-order valence-corrected chi connectivity index (χ1v) is 8.19. The number of nitrogens with one attached hydrogen (secondary N) is 1. The van der Waals surface area contributed by atoms with E-state index in [0.717, 1.165) is 25.9 Å². The number of amides is 1. The Balaban J connectivity index is 0.00000192. The van der Waals surface area contributed by atoms with Gasteiger partial charge in [0, 0.05) is 25.6 Å². The van der Waals surface area contributed by atoms with Gasteiger partial charge in [-0.2, -0.15) is 0 Å². The average Bonchev–Trinajstić information content (AvgIpc) is 2.59. The average molecular weight is 333 g/mol. The third-order valence-electron chi connectivity index (χ3n) is 4.62. The van der Waals surface area contributed by atoms with Gasteiger partial charge in [-0.25, -0.2) is 0 Å². The molecule has 0 spiro atoms. The zero-order valence-electron chi connectivity index (χ0n) is 13.6. The standard InChI is InChI=1S/C19H24N2O.ClH/c1-20-18-7-4-12-21(14-18)19(22)11-9-15-8-10-16-5-2-3-6-17(16)13-15;/h2-3,5-6,8,10,13,18,20H,4,7,9,11-12,14H2,1H3;1H. The maximum absolute atomic E-state index is 12.4. The molecule has 0 aliphatic carbocycles. The highest BCUT2D eigenvalue weighted by Crippen LogP contribution is 2.17. The van der Waals surface area contributed by atoms with Crippen LogP contribution in [0.3, 0.4) is 0 Å². The number of fused-ring (bicyclic) bond motifs is 1. The number of benzene rings is 2. The molecule has 1 unspecified atom stereocenters. The summed E-state index contributed by atoms with van der Waals surface area (Å²) in [5.74, 6) is 0.285. The molecule has 0 aromatic heterocycles. The van der Waals surface area contributed by atoms with E-state index in [0.29, 0.717) is 12.5 Å². The number of halogens is 1. The highest BCUT2D eigenvalue weighted by atomic mass is 35.5. The summed E-state index contributed by atoms with van der Waals surface area (Å²) in [4.78, 5) is 14.4. The Morgan fingerprint density at radius 1 is 1.22 bits per heavy atom. The van der Waals surface area contributed by atoms with Gasteiger partial charge in [0.15, 0.2) is 0 Å². The lowest BCUT2D eigenvalue weighted by molar-refractivity contribution is -0.132. The van der Waals surface area contributed by atoms with Crippen LogP contribution in [0.5, 0.6) is 0 Å². The minimum absolute atomic E-state index is 0. The number of aryl methyl sites for hydroxylation is 1. The Morgan fingerprint density at radius 3 is 2.78 bits per heavy atom. The van der Waals surface area contributed by atoms with Crippen LogP contribution in [-0.2, 0) is 11.2 Å². The van der Waals surface area contributed by atoms with Gasteiger partial charge in [-0.15, -0.1) is 12.4 Å². The Labute approximate surface area is 144 Å². The van der Waals surface area contributed by atoms with Crippen molar-refractivity contribution in [3.05, 3.63) is 48.0 Å². The van der Waals surface area contributed by atoms with Gasteiger partial charge in [-0.1, -0.05) is 42.5 Å². The zero-order chi connectivity index (χ0) is 15.4. The molecule has 23 heavy (non-hydrogen) atoms. The molecule has 2 aromatic carbocycles. The molecule has 1 saturated heterocycles. The first-order chi connectivity index (χ1) is 10.8. The number of nitrogens with zero attached hydrogens (tertiary/aromatic N) is 1. The van der Waals surface area contributed by atoms with Crippen molar-refractivity contribution in [2.45, 2.75) is 31.7 Å². The van der Waals surface area contributed by atoms with Crippen LogP contribution >= 0.6 is 12.4 Å². The van der Waals surface area contributed by atoms with E-state index in [1.54, 1.807) is 0 Å². The smallest absolute Gasteiger partial charge is 0.222 e. The first kappa shape index (κ1) is 17.8. The molecule has 4 heteroatoms. The van der Waals surface area contributed by atoms with Crippen LogP contribution in [0.1, 0.15) is 24.8 Å². The van der Waals surface area contributed by atoms with Crippen molar-refractivity contribution in [2.24, 2.45) is 0 Å². The topological polar surface area (TPSA) is 32.3 Å². The molecule has 0 saturated carbocycles. The van der Waals surface area contributed by atoms with E-state index in [1.807, 2.05) is 11.9 Å². The molecular weight excluding hydrogens is 308 g/mol. The summed E-state index contributed by atoms with van der Waals surface area (Å²) in [6.07, 6.45) is 3.71. The van der Waals surface area contributed by atoms with Crippen molar-refractivity contribution in [2.75, 3.05) is 20.1 Å². The van der Waals surface area contributed by atoms with Gasteiger partial charge >= 0.3 is 0 Å². The second kappa shape index (κ2) is 8.32. The number of likely N-dealkylation sites (N-methyl/N-ethyl adjacent to an activating group) is 1. The second-order valence-corrected chi connectivity index (χ2v) is 6.15. The Kier molecular flexibility index (Phi) is 6.43. The van der Waals surface area contributed by atoms with E-state index in [2.05, 4.69) is 47.8 Å². The number of likely N-dealkylation sites (tertiary alicyclic amines) is 1. The van der Waals surface area contributed by atoms with E-state index in [4.69, 9.17) is 0 Å². The highest BCUT2D eigenvalue weighted by Gasteiger charge is 2.22. The second-order valence-electron chi connectivity index (χ2n) is 6.15. The number of carbonyl (C=O) groups excluding carboxylic acids is 1. The van der Waals surface area contributed by atoms with E-state index in [-0.39, 0.29) is 18.3 Å². The van der Waals surface area contributed by atoms with E-state index in [1.165, 1.54) is 22.8 Å². The molecule has 124 valence electrons. The Hall–Kier alpha value is -1.58. The normalized spacial score (nSPS) is 17.8. The third kappa shape index (κ3) is 4.46. The molecule has 1 amide bonds. The summed E-state index contributed by atoms with van der Waals surface area (Å²) in [6, 6.07) is 15.3. The summed E-state index contributed by atoms with van der Waals surface area (Å²) in [5, 5.41) is 5.79. The monoisotopic (exact) mass is 332 g/mol. The molecule has 1 aliphatic heterocycles. The predicted molar refractivity (Wildman–Crippen MR) is 98.2 cm³/mol. The number of rotatable bonds is 4. The summed E-state index contributed by atoms with van der Waals surface area (Å²) in [7, 11) is 1.98. The van der Waals surface area contributed by atoms with Crippen LogP contribution in [0.25, 0.3) is 10.8 Å². The largest absolute Gasteiger partial charge is 0.341 e. The number of hydrogen-bond acceptors (Lipinski definition) is 2. The van der Waals surface area contributed by atoms with Crippen molar-refractivity contribution in [3.63, 3.8) is 0 Å². The summed E-state index contributed by atoms with van der Waals surface area (Å²) in [6.45, 7) is 1.77. The molecule has 3 nitrogen and oxygen atoms in total. The minimum Gasteiger partial charge on any atom is -0.341 e. The third-order valence-corrected chi connectivity index (χ3v) is 4.62. The van der Waals surface area contributed by atoms with Crippen LogP contribution < -0.4 is 5.32 Å². The molecule has 1 N–H and O–H groups in total. The lowest BCUT2D eigenvalue weighted by Gasteiger charge is -2.32. The van der Waals surface area contributed by atoms with Gasteiger partial charge < -0.3 is 10.2 Å². The lowest BCUT2D eigenvalue weighted by Crippen LogP contribution is -2.47. The quantitative estimate of drug-likeness (QED) is 0.930. The van der Waals surface area contributed by atoms with Gasteiger partial charge in [-0.05, 0) is 42.6 Å². The summed E-state index contributed by atoms with van der Waals surface area (Å²) < 4.78 is 0. The Bertz CT molecular complexity index is 659. The van der Waals surface area contributed by atoms with Crippen molar-refractivity contribution in [1.29, 1.82) is 0 Å². The van der Waals surface area contributed by atoms with Crippen molar-refractivity contribution < 1.29 is 4.79 Å². The molecule has 1 atom stereocenters. The molecule has 0 radical (unpaired) electrons. The van der Waals surface area contributed by atoms with Crippen LogP contribution in [0.4, 0.5) is 0 Å².